The molecule has 1 atom stereocenters. The van der Waals surface area contributed by atoms with Crippen molar-refractivity contribution in [3.8, 4) is 0 Å². The predicted octanol–water partition coefficient (Wildman–Crippen LogP) is -2.25. The fourth-order valence-corrected chi connectivity index (χ4v) is 2.58. The van der Waals surface area contributed by atoms with Crippen LogP contribution in [-0.4, -0.2) is 53.5 Å². The molecule has 9 nitrogen and oxygen atoms in total. The third-order valence-electron chi connectivity index (χ3n) is 1.49. The number of aliphatic hydroxyl groups is 1. The quantitative estimate of drug-likeness (QED) is 0.523. The lowest BCUT2D eigenvalue weighted by Gasteiger charge is -2.29. The highest BCUT2D eigenvalue weighted by atomic mass is 32.3. The van der Waals surface area contributed by atoms with E-state index in [1.807, 2.05) is 0 Å². The highest BCUT2D eigenvalue weighted by Gasteiger charge is 2.45. The second kappa shape index (κ2) is 3.62. The zero-order valence-corrected chi connectivity index (χ0v) is 9.41. The molecule has 1 heterocycles. The Morgan fingerprint density at radius 2 is 1.73 bits per heavy atom. The fraction of sp³-hybridized carbons (Fsp3) is 1.00. The fourth-order valence-electron chi connectivity index (χ4n) is 0.676. The largest absolute Gasteiger partial charge is 0.420 e. The van der Waals surface area contributed by atoms with E-state index in [1.54, 1.807) is 0 Å². The maximum absolute atomic E-state index is 10.9. The van der Waals surface area contributed by atoms with Crippen LogP contribution in [0.3, 0.4) is 0 Å². The van der Waals surface area contributed by atoms with Gasteiger partial charge >= 0.3 is 20.8 Å². The summed E-state index contributed by atoms with van der Waals surface area (Å²) in [7, 11) is -7.09. The van der Waals surface area contributed by atoms with Gasteiger partial charge < -0.3 is 5.11 Å². The minimum atomic E-state index is -4.88. The monoisotopic (exact) mass is 263 g/mol. The molecular formula is C4H9NO8S2. The van der Waals surface area contributed by atoms with Crippen LogP contribution < -0.4 is 0 Å². The van der Waals surface area contributed by atoms with Gasteiger partial charge in [-0.25, -0.2) is 4.18 Å². The number of hydrogen-bond donors (Lipinski definition) is 1. The molecule has 0 radical (unpaired) electrons. The summed E-state index contributed by atoms with van der Waals surface area (Å²) in [4.78, 5) is 0.911. The summed E-state index contributed by atoms with van der Waals surface area (Å²) in [5, 5.41) is 9.55. The Hall–Kier alpha value is -0.300. The normalized spacial score (nSPS) is 34.9. The molecule has 0 aromatic carbocycles. The summed E-state index contributed by atoms with van der Waals surface area (Å²) < 4.78 is 55.1. The van der Waals surface area contributed by atoms with Gasteiger partial charge in [-0.1, -0.05) is 0 Å². The minimum Gasteiger partial charge on any atom is -0.350 e. The molecule has 0 saturated carbocycles. The Morgan fingerprint density at radius 3 is 2.20 bits per heavy atom. The molecule has 0 bridgehead atoms. The standard InChI is InChI=1S/C4H9NO8S2/c1-5(2)4(6)3-11-14(7,8)13-15(9,10)12-4/h6H,3H2,1-2H3. The summed E-state index contributed by atoms with van der Waals surface area (Å²) in [6.07, 6.45) is 0. The first-order valence-corrected chi connectivity index (χ1v) is 6.19. The molecule has 0 aromatic heterocycles. The summed E-state index contributed by atoms with van der Waals surface area (Å²) in [6, 6.07) is 0. The lowest BCUT2D eigenvalue weighted by Crippen LogP contribution is -2.50. The van der Waals surface area contributed by atoms with Gasteiger partial charge in [0.1, 0.15) is 6.61 Å². The van der Waals surface area contributed by atoms with Crippen molar-refractivity contribution in [1.29, 1.82) is 0 Å². The maximum Gasteiger partial charge on any atom is 0.420 e. The highest BCUT2D eigenvalue weighted by Crippen LogP contribution is 2.22. The smallest absolute Gasteiger partial charge is 0.350 e. The molecule has 0 amide bonds. The maximum atomic E-state index is 10.9. The van der Waals surface area contributed by atoms with Gasteiger partial charge in [-0.3, -0.25) is 4.90 Å². The summed E-state index contributed by atoms with van der Waals surface area (Å²) >= 11 is 0. The van der Waals surface area contributed by atoms with E-state index in [9.17, 15) is 21.9 Å². The Kier molecular flexibility index (Phi) is 3.08. The van der Waals surface area contributed by atoms with Gasteiger partial charge in [0.15, 0.2) is 0 Å². The van der Waals surface area contributed by atoms with E-state index in [-0.39, 0.29) is 0 Å². The average molecular weight is 263 g/mol. The Balaban J connectivity index is 3.14. The molecule has 11 heteroatoms. The Bertz CT molecular complexity index is 437. The molecule has 15 heavy (non-hydrogen) atoms. The van der Waals surface area contributed by atoms with Crippen LogP contribution >= 0.6 is 0 Å². The first-order valence-electron chi connectivity index (χ1n) is 3.52. The van der Waals surface area contributed by atoms with Crippen LogP contribution in [0.2, 0.25) is 0 Å². The Labute approximate surface area is 86.8 Å². The second-order valence-corrected chi connectivity index (χ2v) is 5.45. The van der Waals surface area contributed by atoms with Crippen molar-refractivity contribution in [2.45, 2.75) is 5.91 Å². The van der Waals surface area contributed by atoms with Crippen molar-refractivity contribution in [2.24, 2.45) is 0 Å². The number of likely N-dealkylation sites (N-methyl/N-ethyl adjacent to an activating group) is 1. The van der Waals surface area contributed by atoms with Crippen LogP contribution in [-0.2, 0) is 32.8 Å². The molecule has 90 valence electrons. The van der Waals surface area contributed by atoms with Gasteiger partial charge in [0.05, 0.1) is 0 Å². The highest BCUT2D eigenvalue weighted by molar-refractivity contribution is 7.95. The summed E-state index contributed by atoms with van der Waals surface area (Å²) in [5.74, 6) is -2.43. The van der Waals surface area contributed by atoms with Crippen molar-refractivity contribution in [3.05, 3.63) is 0 Å². The van der Waals surface area contributed by atoms with E-state index in [0.717, 1.165) is 4.90 Å². The molecule has 0 spiro atoms. The minimum absolute atomic E-state index is 0.911. The van der Waals surface area contributed by atoms with Gasteiger partial charge in [0.2, 0.25) is 0 Å². The third kappa shape index (κ3) is 3.07. The summed E-state index contributed by atoms with van der Waals surface area (Å²) in [5.41, 5.74) is 0. The van der Waals surface area contributed by atoms with Crippen LogP contribution in [0.5, 0.6) is 0 Å². The first kappa shape index (κ1) is 12.8. The SMILES string of the molecule is CN(C)C1(O)COS(=O)(=O)OS(=O)(=O)O1. The van der Waals surface area contributed by atoms with Crippen molar-refractivity contribution in [2.75, 3.05) is 20.7 Å². The molecule has 1 unspecified atom stereocenters. The zero-order valence-electron chi connectivity index (χ0n) is 7.78. The van der Waals surface area contributed by atoms with E-state index >= 15 is 0 Å². The summed E-state index contributed by atoms with van der Waals surface area (Å²) in [6.45, 7) is -0.929. The lowest BCUT2D eigenvalue weighted by molar-refractivity contribution is -0.239. The van der Waals surface area contributed by atoms with Crippen LogP contribution in [0.4, 0.5) is 0 Å². The lowest BCUT2D eigenvalue weighted by atomic mass is 10.5. The van der Waals surface area contributed by atoms with Crippen LogP contribution in [0.1, 0.15) is 0 Å². The predicted molar refractivity (Wildman–Crippen MR) is 44.6 cm³/mol. The van der Waals surface area contributed by atoms with Crippen molar-refractivity contribution in [3.63, 3.8) is 0 Å². The van der Waals surface area contributed by atoms with Crippen LogP contribution in [0.25, 0.3) is 0 Å². The van der Waals surface area contributed by atoms with Crippen molar-refractivity contribution >= 4 is 20.8 Å². The molecule has 0 aromatic rings. The van der Waals surface area contributed by atoms with Gasteiger partial charge in [0, 0.05) is 0 Å². The first-order chi connectivity index (χ1) is 6.56. The van der Waals surface area contributed by atoms with E-state index < -0.39 is 33.3 Å². The molecule has 1 rings (SSSR count). The van der Waals surface area contributed by atoms with Gasteiger partial charge in [-0.15, -0.1) is 3.63 Å². The van der Waals surface area contributed by atoms with E-state index in [1.165, 1.54) is 14.1 Å². The molecule has 1 aliphatic heterocycles. The van der Waals surface area contributed by atoms with Gasteiger partial charge in [-0.2, -0.15) is 21.0 Å². The second-order valence-electron chi connectivity index (χ2n) is 2.87. The van der Waals surface area contributed by atoms with E-state index in [4.69, 9.17) is 0 Å². The van der Waals surface area contributed by atoms with Crippen molar-refractivity contribution in [1.82, 2.24) is 4.90 Å². The molecule has 1 aliphatic rings. The molecule has 1 N–H and O–H groups in total. The molecule has 0 aliphatic carbocycles. The van der Waals surface area contributed by atoms with E-state index in [0.29, 0.717) is 0 Å². The third-order valence-corrected chi connectivity index (χ3v) is 3.70. The Morgan fingerprint density at radius 1 is 1.20 bits per heavy atom. The van der Waals surface area contributed by atoms with Gasteiger partial charge in [0.25, 0.3) is 5.91 Å². The van der Waals surface area contributed by atoms with Crippen LogP contribution in [0, 0.1) is 0 Å². The topological polar surface area (TPSA) is 119 Å². The van der Waals surface area contributed by atoms with E-state index in [2.05, 4.69) is 12.0 Å². The molecule has 1 saturated heterocycles. The van der Waals surface area contributed by atoms with Crippen LogP contribution in [0.15, 0.2) is 0 Å². The zero-order chi connectivity index (χ0) is 11.9. The van der Waals surface area contributed by atoms with Gasteiger partial charge in [-0.05, 0) is 14.1 Å². The average Bonchev–Trinajstić information content (AvgIpc) is 2.04. The van der Waals surface area contributed by atoms with Crippen molar-refractivity contribution < 1.29 is 33.9 Å². The number of hydrogen-bond acceptors (Lipinski definition) is 9. The number of rotatable bonds is 1. The molecule has 1 fully saturated rings. The molecular weight excluding hydrogens is 254 g/mol. The number of nitrogens with zero attached hydrogens (tertiary/aromatic N) is 1.